The zero-order valence-corrected chi connectivity index (χ0v) is 6.29. The molecule has 1 N–H and O–H groups in total. The predicted octanol–water partition coefficient (Wildman–Crippen LogP) is 2.03. The van der Waals surface area contributed by atoms with Gasteiger partial charge in [0.05, 0.1) is 12.4 Å². The summed E-state index contributed by atoms with van der Waals surface area (Å²) in [5.41, 5.74) is 0.905. The van der Waals surface area contributed by atoms with Crippen LogP contribution < -0.4 is 0 Å². The van der Waals surface area contributed by atoms with E-state index >= 15 is 0 Å². The average Bonchev–Trinajstić information content (AvgIpc) is 2.34. The van der Waals surface area contributed by atoms with Crippen LogP contribution in [-0.4, -0.2) is 5.11 Å². The Labute approximate surface area is 60.5 Å². The summed E-state index contributed by atoms with van der Waals surface area (Å²) in [6.07, 6.45) is 1.97. The monoisotopic (exact) mass is 140 g/mol. The standard InChI is InChI=1S/C8H12O2/c1-3-8(9)7-4-5-10-6(7)2/h4-5,8-9H,3H2,1-2H3/t8-/m1/s1. The van der Waals surface area contributed by atoms with Crippen LogP contribution >= 0.6 is 0 Å². The largest absolute Gasteiger partial charge is 0.469 e. The highest BCUT2D eigenvalue weighted by Gasteiger charge is 2.08. The Morgan fingerprint density at radius 1 is 1.70 bits per heavy atom. The quantitative estimate of drug-likeness (QED) is 0.681. The van der Waals surface area contributed by atoms with E-state index < -0.39 is 0 Å². The van der Waals surface area contributed by atoms with E-state index in [4.69, 9.17) is 4.42 Å². The second kappa shape index (κ2) is 2.88. The van der Waals surface area contributed by atoms with E-state index in [-0.39, 0.29) is 6.10 Å². The van der Waals surface area contributed by atoms with Crippen molar-refractivity contribution in [3.63, 3.8) is 0 Å². The van der Waals surface area contributed by atoms with Crippen molar-refractivity contribution in [2.75, 3.05) is 0 Å². The normalized spacial score (nSPS) is 13.5. The van der Waals surface area contributed by atoms with Crippen LogP contribution in [0.25, 0.3) is 0 Å². The van der Waals surface area contributed by atoms with Gasteiger partial charge in [-0.2, -0.15) is 0 Å². The van der Waals surface area contributed by atoms with Crippen LogP contribution in [0.2, 0.25) is 0 Å². The second-order valence-corrected chi connectivity index (χ2v) is 2.36. The van der Waals surface area contributed by atoms with E-state index in [0.717, 1.165) is 17.7 Å². The second-order valence-electron chi connectivity index (χ2n) is 2.36. The number of hydrogen-bond acceptors (Lipinski definition) is 2. The van der Waals surface area contributed by atoms with Crippen LogP contribution in [0.4, 0.5) is 0 Å². The molecule has 10 heavy (non-hydrogen) atoms. The maximum absolute atomic E-state index is 9.34. The van der Waals surface area contributed by atoms with Crippen molar-refractivity contribution < 1.29 is 9.52 Å². The maximum atomic E-state index is 9.34. The highest BCUT2D eigenvalue weighted by Crippen LogP contribution is 2.20. The molecule has 0 aliphatic carbocycles. The van der Waals surface area contributed by atoms with Gasteiger partial charge in [0, 0.05) is 5.56 Å². The van der Waals surface area contributed by atoms with Crippen molar-refractivity contribution in [2.24, 2.45) is 0 Å². The third-order valence-electron chi connectivity index (χ3n) is 1.64. The number of aryl methyl sites for hydroxylation is 1. The molecule has 0 radical (unpaired) electrons. The van der Waals surface area contributed by atoms with E-state index in [9.17, 15) is 5.11 Å². The number of furan rings is 1. The van der Waals surface area contributed by atoms with Gasteiger partial charge in [-0.25, -0.2) is 0 Å². The minimum absolute atomic E-state index is 0.362. The van der Waals surface area contributed by atoms with E-state index in [1.165, 1.54) is 0 Å². The molecule has 0 aliphatic rings. The lowest BCUT2D eigenvalue weighted by atomic mass is 10.1. The summed E-state index contributed by atoms with van der Waals surface area (Å²) < 4.78 is 5.03. The molecule has 2 heteroatoms. The number of aliphatic hydroxyl groups excluding tert-OH is 1. The van der Waals surface area contributed by atoms with Crippen LogP contribution in [0.3, 0.4) is 0 Å². The van der Waals surface area contributed by atoms with Gasteiger partial charge in [-0.3, -0.25) is 0 Å². The molecule has 0 fully saturated rings. The first-order chi connectivity index (χ1) is 4.75. The third-order valence-corrected chi connectivity index (χ3v) is 1.64. The number of hydrogen-bond donors (Lipinski definition) is 1. The van der Waals surface area contributed by atoms with E-state index in [1.807, 2.05) is 19.9 Å². The van der Waals surface area contributed by atoms with E-state index in [1.54, 1.807) is 6.26 Å². The van der Waals surface area contributed by atoms with Crippen LogP contribution in [-0.2, 0) is 0 Å². The summed E-state index contributed by atoms with van der Waals surface area (Å²) in [6.45, 7) is 3.80. The molecular formula is C8H12O2. The highest BCUT2D eigenvalue weighted by molar-refractivity contribution is 5.17. The summed E-state index contributed by atoms with van der Waals surface area (Å²) in [6, 6.07) is 1.81. The van der Waals surface area contributed by atoms with E-state index in [0.29, 0.717) is 0 Å². The van der Waals surface area contributed by atoms with Crippen molar-refractivity contribution in [1.29, 1.82) is 0 Å². The Hall–Kier alpha value is -0.760. The number of aliphatic hydroxyl groups is 1. The van der Waals surface area contributed by atoms with Crippen LogP contribution in [0.1, 0.15) is 30.8 Å². The fourth-order valence-electron chi connectivity index (χ4n) is 0.960. The fraction of sp³-hybridized carbons (Fsp3) is 0.500. The van der Waals surface area contributed by atoms with Crippen LogP contribution in [0.5, 0.6) is 0 Å². The van der Waals surface area contributed by atoms with Gasteiger partial charge < -0.3 is 9.52 Å². The smallest absolute Gasteiger partial charge is 0.106 e. The minimum Gasteiger partial charge on any atom is -0.469 e. The molecule has 0 bridgehead atoms. The summed E-state index contributed by atoms with van der Waals surface area (Å²) in [7, 11) is 0. The zero-order valence-electron chi connectivity index (χ0n) is 6.29. The molecule has 0 saturated carbocycles. The van der Waals surface area contributed by atoms with Crippen molar-refractivity contribution >= 4 is 0 Å². The van der Waals surface area contributed by atoms with Crippen molar-refractivity contribution in [3.8, 4) is 0 Å². The van der Waals surface area contributed by atoms with Gasteiger partial charge in [-0.15, -0.1) is 0 Å². The lowest BCUT2D eigenvalue weighted by Gasteiger charge is -2.04. The van der Waals surface area contributed by atoms with Crippen LogP contribution in [0, 0.1) is 6.92 Å². The molecule has 1 rings (SSSR count). The molecule has 0 spiro atoms. The molecule has 0 aromatic carbocycles. The van der Waals surface area contributed by atoms with Crippen molar-refractivity contribution in [2.45, 2.75) is 26.4 Å². The molecule has 0 saturated heterocycles. The van der Waals surface area contributed by atoms with Gasteiger partial charge in [0.1, 0.15) is 5.76 Å². The molecule has 56 valence electrons. The Balaban J connectivity index is 2.82. The molecule has 1 atom stereocenters. The zero-order chi connectivity index (χ0) is 7.56. The molecule has 1 aromatic rings. The fourth-order valence-corrected chi connectivity index (χ4v) is 0.960. The molecule has 0 amide bonds. The lowest BCUT2D eigenvalue weighted by molar-refractivity contribution is 0.171. The Morgan fingerprint density at radius 2 is 2.40 bits per heavy atom. The predicted molar refractivity (Wildman–Crippen MR) is 38.7 cm³/mol. The van der Waals surface area contributed by atoms with Crippen LogP contribution in [0.15, 0.2) is 16.7 Å². The van der Waals surface area contributed by atoms with Gasteiger partial charge in [0.15, 0.2) is 0 Å². The highest BCUT2D eigenvalue weighted by atomic mass is 16.3. The Morgan fingerprint density at radius 3 is 2.80 bits per heavy atom. The third kappa shape index (κ3) is 1.21. The molecule has 0 unspecified atom stereocenters. The van der Waals surface area contributed by atoms with Gasteiger partial charge in [0.25, 0.3) is 0 Å². The SMILES string of the molecule is CC[C@@H](O)c1ccoc1C. The summed E-state index contributed by atoms with van der Waals surface area (Å²) in [5, 5.41) is 9.34. The van der Waals surface area contributed by atoms with Gasteiger partial charge >= 0.3 is 0 Å². The summed E-state index contributed by atoms with van der Waals surface area (Å²) in [5.74, 6) is 0.814. The average molecular weight is 140 g/mol. The van der Waals surface area contributed by atoms with Gasteiger partial charge in [-0.1, -0.05) is 6.92 Å². The molecular weight excluding hydrogens is 128 g/mol. The topological polar surface area (TPSA) is 33.4 Å². The van der Waals surface area contributed by atoms with Gasteiger partial charge in [0.2, 0.25) is 0 Å². The molecule has 0 aliphatic heterocycles. The van der Waals surface area contributed by atoms with Crippen molar-refractivity contribution in [3.05, 3.63) is 23.7 Å². The first-order valence-electron chi connectivity index (χ1n) is 3.47. The first kappa shape index (κ1) is 7.35. The van der Waals surface area contributed by atoms with Crippen molar-refractivity contribution in [1.82, 2.24) is 0 Å². The Bertz CT molecular complexity index is 203. The molecule has 1 heterocycles. The summed E-state index contributed by atoms with van der Waals surface area (Å²) >= 11 is 0. The lowest BCUT2D eigenvalue weighted by Crippen LogP contribution is -1.93. The Kier molecular flexibility index (Phi) is 2.12. The maximum Gasteiger partial charge on any atom is 0.106 e. The van der Waals surface area contributed by atoms with E-state index in [2.05, 4.69) is 0 Å². The molecule has 2 nitrogen and oxygen atoms in total. The molecule has 1 aromatic heterocycles. The minimum atomic E-state index is -0.362. The first-order valence-corrected chi connectivity index (χ1v) is 3.47. The number of rotatable bonds is 2. The van der Waals surface area contributed by atoms with Gasteiger partial charge in [-0.05, 0) is 19.4 Å². The summed E-state index contributed by atoms with van der Waals surface area (Å²) in [4.78, 5) is 0.